The van der Waals surface area contributed by atoms with Crippen LogP contribution in [0.4, 0.5) is 5.69 Å². The summed E-state index contributed by atoms with van der Waals surface area (Å²) in [6, 6.07) is 7.60. The van der Waals surface area contributed by atoms with E-state index in [9.17, 15) is 4.79 Å². The molecule has 2 aliphatic heterocycles. The fourth-order valence-electron chi connectivity index (χ4n) is 2.32. The summed E-state index contributed by atoms with van der Waals surface area (Å²) in [5.74, 6) is 0.959. The van der Waals surface area contributed by atoms with Crippen molar-refractivity contribution in [1.29, 1.82) is 0 Å². The van der Waals surface area contributed by atoms with E-state index in [-0.39, 0.29) is 18.4 Å². The maximum atomic E-state index is 12.1. The standard InChI is InChI=1S/C13H16N2O3/c16-8-9-6-15(7-9)13(17)12-5-14-10-3-1-2-4-11(10)18-12/h1-4,9,12,14,16H,5-8H2. The Bertz CT molecular complexity index is 457. The summed E-state index contributed by atoms with van der Waals surface area (Å²) < 4.78 is 5.70. The first-order valence-corrected chi connectivity index (χ1v) is 6.17. The van der Waals surface area contributed by atoms with Crippen molar-refractivity contribution in [3.05, 3.63) is 24.3 Å². The number of aliphatic hydroxyl groups is 1. The first kappa shape index (κ1) is 11.3. The maximum Gasteiger partial charge on any atom is 0.265 e. The molecule has 2 aliphatic rings. The van der Waals surface area contributed by atoms with Crippen LogP contribution in [0.1, 0.15) is 0 Å². The summed E-state index contributed by atoms with van der Waals surface area (Å²) in [7, 11) is 0. The number of nitrogens with one attached hydrogen (secondary N) is 1. The predicted octanol–water partition coefficient (Wildman–Crippen LogP) is 0.310. The molecule has 5 heteroatoms. The molecule has 5 nitrogen and oxygen atoms in total. The van der Waals surface area contributed by atoms with Gasteiger partial charge in [-0.3, -0.25) is 4.79 Å². The van der Waals surface area contributed by atoms with Gasteiger partial charge in [0.1, 0.15) is 5.75 Å². The molecule has 1 aromatic carbocycles. The number of hydrogen-bond donors (Lipinski definition) is 2. The molecule has 96 valence electrons. The molecule has 1 saturated heterocycles. The van der Waals surface area contributed by atoms with Crippen LogP contribution in [0.2, 0.25) is 0 Å². The van der Waals surface area contributed by atoms with Crippen molar-refractivity contribution in [2.75, 3.05) is 31.6 Å². The number of amides is 1. The molecule has 1 amide bonds. The number of ether oxygens (including phenoxy) is 1. The summed E-state index contributed by atoms with van der Waals surface area (Å²) in [5, 5.41) is 12.1. The predicted molar refractivity (Wildman–Crippen MR) is 66.5 cm³/mol. The van der Waals surface area contributed by atoms with Gasteiger partial charge in [-0.15, -0.1) is 0 Å². The van der Waals surface area contributed by atoms with Crippen LogP contribution in [0, 0.1) is 5.92 Å². The van der Waals surface area contributed by atoms with Crippen molar-refractivity contribution < 1.29 is 14.6 Å². The van der Waals surface area contributed by atoms with Gasteiger partial charge in [-0.05, 0) is 12.1 Å². The highest BCUT2D eigenvalue weighted by molar-refractivity contribution is 5.83. The summed E-state index contributed by atoms with van der Waals surface area (Å²) >= 11 is 0. The Kier molecular flexibility index (Phi) is 2.83. The van der Waals surface area contributed by atoms with Gasteiger partial charge in [-0.25, -0.2) is 0 Å². The number of aliphatic hydroxyl groups excluding tert-OH is 1. The third-order valence-corrected chi connectivity index (χ3v) is 3.44. The molecule has 1 unspecified atom stereocenters. The van der Waals surface area contributed by atoms with Crippen molar-refractivity contribution in [2.24, 2.45) is 5.92 Å². The second kappa shape index (κ2) is 4.49. The lowest BCUT2D eigenvalue weighted by atomic mass is 10.0. The fourth-order valence-corrected chi connectivity index (χ4v) is 2.32. The number of nitrogens with zero attached hydrogens (tertiary/aromatic N) is 1. The Balaban J connectivity index is 1.64. The monoisotopic (exact) mass is 248 g/mol. The lowest BCUT2D eigenvalue weighted by Crippen LogP contribution is -2.57. The third kappa shape index (κ3) is 1.90. The molecule has 0 radical (unpaired) electrons. The largest absolute Gasteiger partial charge is 0.477 e. The molecule has 1 atom stereocenters. The molecular formula is C13H16N2O3. The Labute approximate surface area is 105 Å². The lowest BCUT2D eigenvalue weighted by Gasteiger charge is -2.40. The van der Waals surface area contributed by atoms with Gasteiger partial charge in [0.2, 0.25) is 0 Å². The minimum Gasteiger partial charge on any atom is -0.477 e. The minimum absolute atomic E-state index is 0.00158. The van der Waals surface area contributed by atoms with Gasteiger partial charge in [0.25, 0.3) is 5.91 Å². The van der Waals surface area contributed by atoms with E-state index in [0.717, 1.165) is 11.4 Å². The molecule has 0 saturated carbocycles. The summed E-state index contributed by atoms with van der Waals surface area (Å²) in [5.41, 5.74) is 0.929. The van der Waals surface area contributed by atoms with E-state index in [1.807, 2.05) is 24.3 Å². The van der Waals surface area contributed by atoms with E-state index >= 15 is 0 Å². The van der Waals surface area contributed by atoms with Gasteiger partial charge >= 0.3 is 0 Å². The van der Waals surface area contributed by atoms with Crippen LogP contribution in [0.15, 0.2) is 24.3 Å². The van der Waals surface area contributed by atoms with E-state index in [2.05, 4.69) is 5.32 Å². The van der Waals surface area contributed by atoms with E-state index in [1.165, 1.54) is 0 Å². The van der Waals surface area contributed by atoms with E-state index in [4.69, 9.17) is 9.84 Å². The van der Waals surface area contributed by atoms with Crippen LogP contribution >= 0.6 is 0 Å². The highest BCUT2D eigenvalue weighted by Gasteiger charge is 2.36. The summed E-state index contributed by atoms with van der Waals surface area (Å²) in [4.78, 5) is 13.9. The normalized spacial score (nSPS) is 22.5. The molecule has 1 fully saturated rings. The molecule has 18 heavy (non-hydrogen) atoms. The second-order valence-corrected chi connectivity index (χ2v) is 4.78. The maximum absolute atomic E-state index is 12.1. The van der Waals surface area contributed by atoms with Gasteiger partial charge < -0.3 is 20.1 Å². The summed E-state index contributed by atoms with van der Waals surface area (Å²) in [6.07, 6.45) is -0.459. The average Bonchev–Trinajstić information content (AvgIpc) is 2.37. The smallest absolute Gasteiger partial charge is 0.265 e. The first-order valence-electron chi connectivity index (χ1n) is 6.17. The molecule has 0 aliphatic carbocycles. The molecule has 3 rings (SSSR count). The number of hydrogen-bond acceptors (Lipinski definition) is 4. The van der Waals surface area contributed by atoms with Crippen molar-refractivity contribution in [3.8, 4) is 5.75 Å². The van der Waals surface area contributed by atoms with Gasteiger partial charge in [0.15, 0.2) is 6.10 Å². The van der Waals surface area contributed by atoms with Crippen molar-refractivity contribution in [3.63, 3.8) is 0 Å². The lowest BCUT2D eigenvalue weighted by molar-refractivity contribution is -0.145. The number of para-hydroxylation sites is 2. The van der Waals surface area contributed by atoms with E-state index in [1.54, 1.807) is 4.90 Å². The first-order chi connectivity index (χ1) is 8.78. The zero-order valence-corrected chi connectivity index (χ0v) is 10.0. The number of carbonyl (C=O) groups excluding carboxylic acids is 1. The van der Waals surface area contributed by atoms with Gasteiger partial charge in [0.05, 0.1) is 12.2 Å². The topological polar surface area (TPSA) is 61.8 Å². The average molecular weight is 248 g/mol. The zero-order valence-electron chi connectivity index (χ0n) is 10.0. The van der Waals surface area contributed by atoms with Gasteiger partial charge in [-0.2, -0.15) is 0 Å². The van der Waals surface area contributed by atoms with Crippen LogP contribution in [-0.2, 0) is 4.79 Å². The van der Waals surface area contributed by atoms with Gasteiger partial charge in [-0.1, -0.05) is 12.1 Å². The molecule has 2 heterocycles. The van der Waals surface area contributed by atoms with Crippen molar-refractivity contribution >= 4 is 11.6 Å². The van der Waals surface area contributed by atoms with E-state index in [0.29, 0.717) is 19.6 Å². The molecule has 1 aromatic rings. The molecule has 0 aromatic heterocycles. The number of fused-ring (bicyclic) bond motifs is 1. The van der Waals surface area contributed by atoms with E-state index < -0.39 is 6.10 Å². The Morgan fingerprint density at radius 1 is 1.44 bits per heavy atom. The molecule has 0 spiro atoms. The number of rotatable bonds is 2. The van der Waals surface area contributed by atoms with Crippen LogP contribution in [0.3, 0.4) is 0 Å². The molecule has 2 N–H and O–H groups in total. The molecule has 0 bridgehead atoms. The third-order valence-electron chi connectivity index (χ3n) is 3.44. The second-order valence-electron chi connectivity index (χ2n) is 4.78. The SMILES string of the molecule is O=C(C1CNc2ccccc2O1)N1CC(CO)C1. The number of anilines is 1. The van der Waals surface area contributed by atoms with Crippen LogP contribution in [-0.4, -0.2) is 48.3 Å². The highest BCUT2D eigenvalue weighted by atomic mass is 16.5. The van der Waals surface area contributed by atoms with Crippen LogP contribution in [0.25, 0.3) is 0 Å². The Morgan fingerprint density at radius 2 is 2.22 bits per heavy atom. The minimum atomic E-state index is -0.459. The van der Waals surface area contributed by atoms with Crippen LogP contribution < -0.4 is 10.1 Å². The number of likely N-dealkylation sites (tertiary alicyclic amines) is 1. The van der Waals surface area contributed by atoms with Crippen LogP contribution in [0.5, 0.6) is 5.75 Å². The van der Waals surface area contributed by atoms with Crippen molar-refractivity contribution in [2.45, 2.75) is 6.10 Å². The number of benzene rings is 1. The summed E-state index contributed by atoms with van der Waals surface area (Å²) in [6.45, 7) is 1.92. The van der Waals surface area contributed by atoms with Gasteiger partial charge in [0, 0.05) is 25.6 Å². The zero-order chi connectivity index (χ0) is 12.5. The highest BCUT2D eigenvalue weighted by Crippen LogP contribution is 2.29. The number of carbonyl (C=O) groups is 1. The Morgan fingerprint density at radius 3 is 3.00 bits per heavy atom. The fraction of sp³-hybridized carbons (Fsp3) is 0.462. The Hall–Kier alpha value is -1.75. The molecular weight excluding hydrogens is 232 g/mol. The van der Waals surface area contributed by atoms with Crippen molar-refractivity contribution in [1.82, 2.24) is 4.90 Å². The quantitative estimate of drug-likeness (QED) is 0.790.